The summed E-state index contributed by atoms with van der Waals surface area (Å²) >= 11 is 0. The SMILES string of the molecule is O=c1ncccn1[C@H]1[C@H](O)[C@H](O)[C@]2(COCc3ccccc3)C[C@H]12. The Morgan fingerprint density at radius 2 is 2.04 bits per heavy atom. The van der Waals surface area contributed by atoms with Crippen LogP contribution in [0.1, 0.15) is 18.0 Å². The largest absolute Gasteiger partial charge is 0.390 e. The molecule has 2 fully saturated rings. The van der Waals surface area contributed by atoms with E-state index in [1.165, 1.54) is 10.8 Å². The Kier molecular flexibility index (Phi) is 3.75. The zero-order valence-electron chi connectivity index (χ0n) is 13.2. The minimum atomic E-state index is -0.981. The summed E-state index contributed by atoms with van der Waals surface area (Å²) in [5.41, 5.74) is 0.203. The Labute approximate surface area is 139 Å². The number of aromatic nitrogens is 2. The third-order valence-electron chi connectivity index (χ3n) is 5.40. The molecule has 0 aliphatic heterocycles. The van der Waals surface area contributed by atoms with Crippen molar-refractivity contribution < 1.29 is 14.9 Å². The molecule has 6 nitrogen and oxygen atoms in total. The highest BCUT2D eigenvalue weighted by atomic mass is 16.5. The molecule has 1 aromatic carbocycles. The van der Waals surface area contributed by atoms with Gasteiger partial charge < -0.3 is 14.9 Å². The molecule has 1 heterocycles. The number of benzene rings is 1. The Balaban J connectivity index is 1.48. The van der Waals surface area contributed by atoms with Gasteiger partial charge in [-0.15, -0.1) is 0 Å². The van der Waals surface area contributed by atoms with Crippen molar-refractivity contribution >= 4 is 0 Å². The van der Waals surface area contributed by atoms with Gasteiger partial charge in [-0.2, -0.15) is 0 Å². The highest BCUT2D eigenvalue weighted by molar-refractivity contribution is 5.21. The molecule has 6 heteroatoms. The number of aliphatic hydroxyl groups is 2. The second-order valence-electron chi connectivity index (χ2n) is 6.76. The number of aliphatic hydroxyl groups excluding tert-OH is 2. The Hall–Kier alpha value is -2.02. The van der Waals surface area contributed by atoms with E-state index in [1.54, 1.807) is 12.3 Å². The fraction of sp³-hybridized carbons (Fsp3) is 0.444. The number of hydrogen-bond acceptors (Lipinski definition) is 5. The maximum absolute atomic E-state index is 12.0. The van der Waals surface area contributed by atoms with Crippen LogP contribution in [0.25, 0.3) is 0 Å². The topological polar surface area (TPSA) is 84.6 Å². The van der Waals surface area contributed by atoms with Gasteiger partial charge in [-0.1, -0.05) is 30.3 Å². The van der Waals surface area contributed by atoms with Gasteiger partial charge in [0.2, 0.25) is 0 Å². The van der Waals surface area contributed by atoms with Crippen LogP contribution in [0.3, 0.4) is 0 Å². The first-order chi connectivity index (χ1) is 11.6. The molecule has 5 atom stereocenters. The number of hydrogen-bond donors (Lipinski definition) is 2. The number of fused-ring (bicyclic) bond motifs is 1. The summed E-state index contributed by atoms with van der Waals surface area (Å²) in [5, 5.41) is 20.9. The minimum absolute atomic E-state index is 0.0279. The molecule has 2 saturated carbocycles. The van der Waals surface area contributed by atoms with Gasteiger partial charge in [-0.05, 0) is 24.0 Å². The first kappa shape index (κ1) is 15.5. The van der Waals surface area contributed by atoms with Crippen molar-refractivity contribution in [1.29, 1.82) is 0 Å². The molecule has 2 aromatic rings. The van der Waals surface area contributed by atoms with Crippen molar-refractivity contribution in [2.24, 2.45) is 11.3 Å². The molecule has 24 heavy (non-hydrogen) atoms. The number of ether oxygens (including phenoxy) is 1. The van der Waals surface area contributed by atoms with Crippen molar-refractivity contribution in [2.45, 2.75) is 31.3 Å². The molecule has 4 rings (SSSR count). The normalized spacial score (nSPS) is 34.1. The summed E-state index contributed by atoms with van der Waals surface area (Å²) in [6.07, 6.45) is 1.92. The van der Waals surface area contributed by atoms with Gasteiger partial charge in [0, 0.05) is 17.8 Å². The van der Waals surface area contributed by atoms with Crippen molar-refractivity contribution in [1.82, 2.24) is 9.55 Å². The highest BCUT2D eigenvalue weighted by Gasteiger charge is 2.71. The van der Waals surface area contributed by atoms with Crippen LogP contribution in [-0.2, 0) is 11.3 Å². The van der Waals surface area contributed by atoms with E-state index >= 15 is 0 Å². The van der Waals surface area contributed by atoms with Gasteiger partial charge in [-0.25, -0.2) is 9.78 Å². The molecule has 0 saturated heterocycles. The van der Waals surface area contributed by atoms with Gasteiger partial charge in [0.15, 0.2) is 0 Å². The molecule has 0 bridgehead atoms. The van der Waals surface area contributed by atoms with Crippen LogP contribution in [-0.4, -0.2) is 38.6 Å². The molecule has 0 unspecified atom stereocenters. The smallest absolute Gasteiger partial charge is 0.347 e. The third-order valence-corrected chi connectivity index (χ3v) is 5.40. The molecule has 126 valence electrons. The lowest BCUT2D eigenvalue weighted by atomic mass is 10.0. The van der Waals surface area contributed by atoms with Gasteiger partial charge in [0.05, 0.1) is 25.4 Å². The van der Waals surface area contributed by atoms with E-state index in [-0.39, 0.29) is 5.92 Å². The van der Waals surface area contributed by atoms with Crippen LogP contribution >= 0.6 is 0 Å². The van der Waals surface area contributed by atoms with E-state index < -0.39 is 29.4 Å². The maximum atomic E-state index is 12.0. The van der Waals surface area contributed by atoms with Gasteiger partial charge in [-0.3, -0.25) is 4.57 Å². The molecule has 2 aliphatic rings. The Morgan fingerprint density at radius 3 is 2.79 bits per heavy atom. The van der Waals surface area contributed by atoms with Crippen molar-refractivity contribution in [3.8, 4) is 0 Å². The van der Waals surface area contributed by atoms with Crippen LogP contribution < -0.4 is 5.69 Å². The molecule has 0 amide bonds. The summed E-state index contributed by atoms with van der Waals surface area (Å²) in [4.78, 5) is 15.7. The zero-order chi connectivity index (χ0) is 16.7. The van der Waals surface area contributed by atoms with E-state index in [9.17, 15) is 15.0 Å². The van der Waals surface area contributed by atoms with Gasteiger partial charge in [0.25, 0.3) is 0 Å². The first-order valence-corrected chi connectivity index (χ1v) is 8.14. The zero-order valence-corrected chi connectivity index (χ0v) is 13.2. The molecule has 0 radical (unpaired) electrons. The van der Waals surface area contributed by atoms with E-state index in [0.29, 0.717) is 13.2 Å². The molecular formula is C18H20N2O4. The summed E-state index contributed by atoms with van der Waals surface area (Å²) in [5.74, 6) is 0.0279. The van der Waals surface area contributed by atoms with Gasteiger partial charge >= 0.3 is 5.69 Å². The lowest BCUT2D eigenvalue weighted by molar-refractivity contribution is -0.0448. The molecule has 2 aliphatic carbocycles. The lowest BCUT2D eigenvalue weighted by Crippen LogP contribution is -2.38. The second kappa shape index (κ2) is 5.81. The van der Waals surface area contributed by atoms with E-state index in [1.807, 2.05) is 30.3 Å². The van der Waals surface area contributed by atoms with Crippen molar-refractivity contribution in [3.05, 3.63) is 64.8 Å². The predicted octanol–water partition coefficient (Wildman–Crippen LogP) is 0.743. The fourth-order valence-corrected chi connectivity index (χ4v) is 4.05. The average Bonchev–Trinajstić information content (AvgIpc) is 3.27. The summed E-state index contributed by atoms with van der Waals surface area (Å²) in [7, 11) is 0. The summed E-state index contributed by atoms with van der Waals surface area (Å²) < 4.78 is 7.24. The van der Waals surface area contributed by atoms with Crippen molar-refractivity contribution in [3.63, 3.8) is 0 Å². The minimum Gasteiger partial charge on any atom is -0.390 e. The summed E-state index contributed by atoms with van der Waals surface area (Å²) in [6.45, 7) is 0.839. The van der Waals surface area contributed by atoms with Crippen LogP contribution in [0, 0.1) is 11.3 Å². The van der Waals surface area contributed by atoms with E-state index in [4.69, 9.17) is 4.74 Å². The molecule has 0 spiro atoms. The van der Waals surface area contributed by atoms with Crippen LogP contribution in [0.4, 0.5) is 0 Å². The van der Waals surface area contributed by atoms with Crippen LogP contribution in [0.5, 0.6) is 0 Å². The van der Waals surface area contributed by atoms with Crippen molar-refractivity contribution in [2.75, 3.05) is 6.61 Å². The summed E-state index contributed by atoms with van der Waals surface area (Å²) in [6, 6.07) is 11.1. The van der Waals surface area contributed by atoms with Crippen LogP contribution in [0.2, 0.25) is 0 Å². The number of nitrogens with zero attached hydrogens (tertiary/aromatic N) is 2. The monoisotopic (exact) mass is 328 g/mol. The second-order valence-corrected chi connectivity index (χ2v) is 6.76. The number of rotatable bonds is 5. The van der Waals surface area contributed by atoms with Gasteiger partial charge in [0.1, 0.15) is 6.10 Å². The lowest BCUT2D eigenvalue weighted by Gasteiger charge is -2.24. The Bertz CT molecular complexity index is 778. The maximum Gasteiger partial charge on any atom is 0.347 e. The fourth-order valence-electron chi connectivity index (χ4n) is 4.05. The van der Waals surface area contributed by atoms with E-state index in [2.05, 4.69) is 4.98 Å². The molecule has 1 aromatic heterocycles. The predicted molar refractivity (Wildman–Crippen MR) is 86.2 cm³/mol. The third kappa shape index (κ3) is 2.38. The highest BCUT2D eigenvalue weighted by Crippen LogP contribution is 2.67. The average molecular weight is 328 g/mol. The quantitative estimate of drug-likeness (QED) is 0.846. The van der Waals surface area contributed by atoms with E-state index in [0.717, 1.165) is 12.0 Å². The standard InChI is InChI=1S/C18H20N2O4/c21-15-14(20-8-4-7-19-17(20)23)13-9-18(13,16(15)22)11-24-10-12-5-2-1-3-6-12/h1-8,13-16,21-22H,9-11H2/t13-,14-,15+,16+,18+/m1/s1. The molecule has 2 N–H and O–H groups in total. The Morgan fingerprint density at radius 1 is 1.25 bits per heavy atom. The van der Waals surface area contributed by atoms with Crippen LogP contribution in [0.15, 0.2) is 53.6 Å². The molecular weight excluding hydrogens is 308 g/mol. The first-order valence-electron chi connectivity index (χ1n) is 8.14.